The molecular weight excluding hydrogens is 210 g/mol. The van der Waals surface area contributed by atoms with E-state index in [1.54, 1.807) is 0 Å². The van der Waals surface area contributed by atoms with Crippen LogP contribution in [0.3, 0.4) is 0 Å². The molecule has 17 heavy (non-hydrogen) atoms. The van der Waals surface area contributed by atoms with E-state index < -0.39 is 0 Å². The fourth-order valence-electron chi connectivity index (χ4n) is 5.13. The average molecular weight is 235 g/mol. The van der Waals surface area contributed by atoms with E-state index in [1.165, 1.54) is 44.1 Å². The van der Waals surface area contributed by atoms with Gasteiger partial charge < -0.3 is 10.5 Å². The highest BCUT2D eigenvalue weighted by atomic mass is 16.5. The molecule has 1 spiro atoms. The van der Waals surface area contributed by atoms with E-state index in [0.717, 1.165) is 18.4 Å². The fourth-order valence-corrected chi connectivity index (χ4v) is 5.13. The minimum absolute atomic E-state index is 0.383. The quantitative estimate of drug-likeness (QED) is 0.747. The number of rotatable bonds is 2. The van der Waals surface area contributed by atoms with Gasteiger partial charge >= 0.3 is 0 Å². The summed E-state index contributed by atoms with van der Waals surface area (Å²) in [6, 6.07) is 0.383. The molecule has 0 aromatic carbocycles. The Kier molecular flexibility index (Phi) is 2.83. The van der Waals surface area contributed by atoms with E-state index in [1.807, 2.05) is 7.11 Å². The van der Waals surface area contributed by atoms with Crippen molar-refractivity contribution in [1.82, 2.24) is 0 Å². The normalized spacial score (nSPS) is 49.2. The van der Waals surface area contributed by atoms with E-state index in [9.17, 15) is 0 Å². The number of hydrogen-bond donors (Lipinski definition) is 1. The summed E-state index contributed by atoms with van der Waals surface area (Å²) < 4.78 is 5.36. The van der Waals surface area contributed by atoms with E-state index in [0.29, 0.717) is 17.4 Å². The maximum Gasteiger partial charge on any atom is 0.0490 e. The van der Waals surface area contributed by atoms with Crippen molar-refractivity contribution in [2.75, 3.05) is 13.7 Å². The molecule has 0 saturated heterocycles. The number of nitrogens with two attached hydrogens (primary N) is 1. The van der Waals surface area contributed by atoms with Crippen LogP contribution in [0.15, 0.2) is 12.2 Å². The zero-order chi connectivity index (χ0) is 12.0. The van der Waals surface area contributed by atoms with Crippen molar-refractivity contribution >= 4 is 0 Å². The van der Waals surface area contributed by atoms with Gasteiger partial charge in [0.2, 0.25) is 0 Å². The summed E-state index contributed by atoms with van der Waals surface area (Å²) >= 11 is 0. The van der Waals surface area contributed by atoms with Crippen LogP contribution >= 0.6 is 0 Å². The van der Waals surface area contributed by atoms with Crippen molar-refractivity contribution in [1.29, 1.82) is 0 Å². The van der Waals surface area contributed by atoms with Crippen LogP contribution in [0.1, 0.15) is 38.5 Å². The lowest BCUT2D eigenvalue weighted by atomic mass is 9.59. The highest BCUT2D eigenvalue weighted by molar-refractivity contribution is 5.28. The van der Waals surface area contributed by atoms with Crippen LogP contribution in [0, 0.1) is 23.2 Å². The first-order valence-corrected chi connectivity index (χ1v) is 7.12. The predicted octanol–water partition coefficient (Wildman–Crippen LogP) is 2.73. The summed E-state index contributed by atoms with van der Waals surface area (Å²) in [5.74, 6) is 2.08. The summed E-state index contributed by atoms with van der Waals surface area (Å²) in [6.45, 7) is 5.25. The molecule has 0 aromatic rings. The number of fused-ring (bicyclic) bond motifs is 3. The Balaban J connectivity index is 1.83. The van der Waals surface area contributed by atoms with Gasteiger partial charge in [0.05, 0.1) is 0 Å². The van der Waals surface area contributed by atoms with Gasteiger partial charge in [-0.25, -0.2) is 0 Å². The highest BCUT2D eigenvalue weighted by Gasteiger charge is 2.59. The molecule has 3 aliphatic carbocycles. The van der Waals surface area contributed by atoms with Gasteiger partial charge in [0, 0.05) is 19.8 Å². The zero-order valence-electron chi connectivity index (χ0n) is 11.0. The molecule has 2 bridgehead atoms. The Bertz CT molecular complexity index is 325. The van der Waals surface area contributed by atoms with Gasteiger partial charge in [0.25, 0.3) is 0 Å². The standard InChI is InChI=1S/C15H25NO/c1-10-12-5-6-13(10)15(14(12)16)7-3-4-11(8-15)9-17-2/h11-14H,1,3-9,16H2,2H3/t11-,12+,13-,14-,15+/m1/s1. The molecule has 0 radical (unpaired) electrons. The Labute approximate surface area is 105 Å². The molecule has 5 atom stereocenters. The Morgan fingerprint density at radius 3 is 2.88 bits per heavy atom. The molecule has 3 saturated carbocycles. The molecular formula is C15H25NO. The van der Waals surface area contributed by atoms with E-state index in [-0.39, 0.29) is 0 Å². The highest BCUT2D eigenvalue weighted by Crippen LogP contribution is 2.63. The van der Waals surface area contributed by atoms with Crippen LogP contribution in [-0.2, 0) is 4.74 Å². The molecule has 0 aromatic heterocycles. The number of ether oxygens (including phenoxy) is 1. The molecule has 0 heterocycles. The lowest BCUT2D eigenvalue weighted by molar-refractivity contribution is 0.0217. The zero-order valence-corrected chi connectivity index (χ0v) is 11.0. The van der Waals surface area contributed by atoms with Crippen LogP contribution in [0.2, 0.25) is 0 Å². The fraction of sp³-hybridized carbons (Fsp3) is 0.867. The minimum Gasteiger partial charge on any atom is -0.384 e. The van der Waals surface area contributed by atoms with Gasteiger partial charge in [-0.1, -0.05) is 18.6 Å². The molecule has 3 fully saturated rings. The molecule has 2 heteroatoms. The average Bonchev–Trinajstić information content (AvgIpc) is 2.77. The van der Waals surface area contributed by atoms with E-state index in [2.05, 4.69) is 6.58 Å². The van der Waals surface area contributed by atoms with Crippen LogP contribution < -0.4 is 5.73 Å². The number of hydrogen-bond acceptors (Lipinski definition) is 2. The third kappa shape index (κ3) is 1.53. The van der Waals surface area contributed by atoms with Gasteiger partial charge in [-0.15, -0.1) is 0 Å². The van der Waals surface area contributed by atoms with Crippen molar-refractivity contribution in [2.24, 2.45) is 28.9 Å². The van der Waals surface area contributed by atoms with Gasteiger partial charge in [-0.3, -0.25) is 0 Å². The van der Waals surface area contributed by atoms with Crippen LogP contribution in [-0.4, -0.2) is 19.8 Å². The van der Waals surface area contributed by atoms with Crippen LogP contribution in [0.4, 0.5) is 0 Å². The topological polar surface area (TPSA) is 35.2 Å². The van der Waals surface area contributed by atoms with Crippen molar-refractivity contribution in [3.8, 4) is 0 Å². The maximum atomic E-state index is 6.58. The SMILES string of the molecule is C=C1[C@H]2CC[C@@H]1[C@@H](N)[C@]21CCC[C@@H](COC)C1. The largest absolute Gasteiger partial charge is 0.384 e. The summed E-state index contributed by atoms with van der Waals surface area (Å²) in [5.41, 5.74) is 8.45. The van der Waals surface area contributed by atoms with Gasteiger partial charge in [-0.2, -0.15) is 0 Å². The van der Waals surface area contributed by atoms with Gasteiger partial charge in [0.15, 0.2) is 0 Å². The molecule has 96 valence electrons. The van der Waals surface area contributed by atoms with Gasteiger partial charge in [0.1, 0.15) is 0 Å². The third-order valence-electron chi connectivity index (χ3n) is 5.81. The number of methoxy groups -OCH3 is 1. The van der Waals surface area contributed by atoms with Crippen molar-refractivity contribution < 1.29 is 4.74 Å². The molecule has 0 aliphatic heterocycles. The second-order valence-electron chi connectivity index (χ2n) is 6.49. The summed E-state index contributed by atoms with van der Waals surface area (Å²) in [6.07, 6.45) is 7.90. The lowest BCUT2D eigenvalue weighted by Gasteiger charge is -2.47. The Morgan fingerprint density at radius 2 is 2.24 bits per heavy atom. The molecule has 0 amide bonds. The van der Waals surface area contributed by atoms with E-state index >= 15 is 0 Å². The summed E-state index contributed by atoms with van der Waals surface area (Å²) in [4.78, 5) is 0. The van der Waals surface area contributed by atoms with Crippen molar-refractivity contribution in [2.45, 2.75) is 44.6 Å². The molecule has 0 unspecified atom stereocenters. The summed E-state index contributed by atoms with van der Waals surface area (Å²) in [5, 5.41) is 0. The van der Waals surface area contributed by atoms with Crippen molar-refractivity contribution in [3.63, 3.8) is 0 Å². The molecule has 3 aliphatic rings. The van der Waals surface area contributed by atoms with Gasteiger partial charge in [-0.05, 0) is 55.3 Å². The second-order valence-corrected chi connectivity index (χ2v) is 6.49. The lowest BCUT2D eigenvalue weighted by Crippen LogP contribution is -2.49. The molecule has 3 rings (SSSR count). The van der Waals surface area contributed by atoms with Crippen LogP contribution in [0.5, 0.6) is 0 Å². The first kappa shape index (κ1) is 11.7. The first-order chi connectivity index (χ1) is 8.19. The smallest absolute Gasteiger partial charge is 0.0490 e. The maximum absolute atomic E-state index is 6.58. The molecule has 2 nitrogen and oxygen atoms in total. The Morgan fingerprint density at radius 1 is 1.41 bits per heavy atom. The monoisotopic (exact) mass is 235 g/mol. The third-order valence-corrected chi connectivity index (χ3v) is 5.81. The first-order valence-electron chi connectivity index (χ1n) is 7.12. The molecule has 2 N–H and O–H groups in total. The Hall–Kier alpha value is -0.340. The van der Waals surface area contributed by atoms with Crippen LogP contribution in [0.25, 0.3) is 0 Å². The second kappa shape index (κ2) is 4.10. The van der Waals surface area contributed by atoms with Crippen molar-refractivity contribution in [3.05, 3.63) is 12.2 Å². The van der Waals surface area contributed by atoms with E-state index in [4.69, 9.17) is 10.5 Å². The summed E-state index contributed by atoms with van der Waals surface area (Å²) in [7, 11) is 1.82. The minimum atomic E-state index is 0.383. The predicted molar refractivity (Wildman–Crippen MR) is 69.6 cm³/mol.